The van der Waals surface area contributed by atoms with Crippen molar-refractivity contribution in [2.24, 2.45) is 0 Å². The van der Waals surface area contributed by atoms with Gasteiger partial charge in [0, 0.05) is 12.5 Å². The van der Waals surface area contributed by atoms with Crippen LogP contribution in [0.25, 0.3) is 0 Å². The molecule has 0 radical (unpaired) electrons. The molecule has 0 saturated heterocycles. The van der Waals surface area contributed by atoms with Gasteiger partial charge in [0.05, 0.1) is 4.88 Å². The summed E-state index contributed by atoms with van der Waals surface area (Å²) >= 11 is 1.54. The van der Waals surface area contributed by atoms with Crippen molar-refractivity contribution in [1.29, 1.82) is 0 Å². The van der Waals surface area contributed by atoms with Crippen molar-refractivity contribution >= 4 is 17.1 Å². The van der Waals surface area contributed by atoms with Gasteiger partial charge in [0.25, 0.3) is 0 Å². The summed E-state index contributed by atoms with van der Waals surface area (Å²) in [5.74, 6) is 0.292. The third-order valence-electron chi connectivity index (χ3n) is 2.89. The van der Waals surface area contributed by atoms with Gasteiger partial charge in [0.2, 0.25) is 0 Å². The van der Waals surface area contributed by atoms with E-state index in [1.165, 1.54) is 6.42 Å². The molecule has 17 heavy (non-hydrogen) atoms. The molecular formula is C14H23NOS. The van der Waals surface area contributed by atoms with Gasteiger partial charge in [-0.05, 0) is 51.2 Å². The number of nitrogens with zero attached hydrogens (tertiary/aromatic N) is 1. The number of hydrogen-bond acceptors (Lipinski definition) is 3. The molecule has 2 nitrogen and oxygen atoms in total. The van der Waals surface area contributed by atoms with Gasteiger partial charge in [-0.3, -0.25) is 4.79 Å². The second kappa shape index (κ2) is 7.62. The largest absolute Gasteiger partial charge is 0.301 e. The Balaban J connectivity index is 2.29. The summed E-state index contributed by atoms with van der Waals surface area (Å²) in [7, 11) is 0. The number of rotatable bonds is 8. The van der Waals surface area contributed by atoms with Gasteiger partial charge < -0.3 is 4.90 Å². The van der Waals surface area contributed by atoms with Crippen LogP contribution >= 0.6 is 11.3 Å². The predicted molar refractivity (Wildman–Crippen MR) is 74.9 cm³/mol. The smallest absolute Gasteiger partial charge is 0.172 e. The first-order valence-corrected chi connectivity index (χ1v) is 7.33. The fraction of sp³-hybridized carbons (Fsp3) is 0.643. The van der Waals surface area contributed by atoms with Crippen molar-refractivity contribution in [3.8, 4) is 0 Å². The molecule has 1 rings (SSSR count). The zero-order valence-electron chi connectivity index (χ0n) is 11.1. The summed E-state index contributed by atoms with van der Waals surface area (Å²) < 4.78 is 0. The molecule has 1 heterocycles. The summed E-state index contributed by atoms with van der Waals surface area (Å²) in [5, 5.41) is 1.96. The van der Waals surface area contributed by atoms with E-state index in [1.54, 1.807) is 11.3 Å². The minimum absolute atomic E-state index is 0.292. The lowest BCUT2D eigenvalue weighted by atomic mass is 10.1. The van der Waals surface area contributed by atoms with E-state index in [0.717, 1.165) is 24.4 Å². The summed E-state index contributed by atoms with van der Waals surface area (Å²) in [5.41, 5.74) is 0. The van der Waals surface area contributed by atoms with E-state index in [0.29, 0.717) is 18.2 Å². The molecule has 3 heteroatoms. The molecule has 1 aromatic heterocycles. The van der Waals surface area contributed by atoms with E-state index in [1.807, 2.05) is 17.5 Å². The average molecular weight is 253 g/mol. The number of carbonyl (C=O) groups excluding carboxylic acids is 1. The first-order valence-electron chi connectivity index (χ1n) is 6.46. The fourth-order valence-electron chi connectivity index (χ4n) is 1.92. The van der Waals surface area contributed by atoms with Crippen molar-refractivity contribution < 1.29 is 4.79 Å². The van der Waals surface area contributed by atoms with Crippen LogP contribution in [0.4, 0.5) is 0 Å². The second-order valence-electron chi connectivity index (χ2n) is 4.63. The van der Waals surface area contributed by atoms with Gasteiger partial charge in [-0.25, -0.2) is 0 Å². The standard InChI is InChI=1S/C14H23NOS/c1-4-9-15(12(2)3)10-5-7-13(16)14-8-6-11-17-14/h6,8,11-12H,4-5,7,9-10H2,1-3H3. The first kappa shape index (κ1) is 14.4. The lowest BCUT2D eigenvalue weighted by Crippen LogP contribution is -2.32. The van der Waals surface area contributed by atoms with Gasteiger partial charge in [0.15, 0.2) is 5.78 Å². The van der Waals surface area contributed by atoms with Crippen LogP contribution in [-0.4, -0.2) is 29.8 Å². The number of ketones is 1. The third kappa shape index (κ3) is 5.00. The minimum atomic E-state index is 0.292. The maximum atomic E-state index is 11.8. The van der Waals surface area contributed by atoms with E-state index < -0.39 is 0 Å². The highest BCUT2D eigenvalue weighted by Crippen LogP contribution is 2.13. The van der Waals surface area contributed by atoms with Crippen molar-refractivity contribution in [2.75, 3.05) is 13.1 Å². The SMILES string of the molecule is CCCN(CCCC(=O)c1cccs1)C(C)C. The lowest BCUT2D eigenvalue weighted by molar-refractivity contribution is 0.0975. The quantitative estimate of drug-likeness (QED) is 0.656. The van der Waals surface area contributed by atoms with Crippen LogP contribution in [0.2, 0.25) is 0 Å². The summed E-state index contributed by atoms with van der Waals surface area (Å²) in [6.45, 7) is 8.80. The van der Waals surface area contributed by atoms with E-state index >= 15 is 0 Å². The molecular weight excluding hydrogens is 230 g/mol. The molecule has 0 atom stereocenters. The Labute approximate surface area is 109 Å². The third-order valence-corrected chi connectivity index (χ3v) is 3.80. The Morgan fingerprint density at radius 3 is 2.71 bits per heavy atom. The number of thiophene rings is 1. The first-order chi connectivity index (χ1) is 8.15. The highest BCUT2D eigenvalue weighted by Gasteiger charge is 2.10. The zero-order chi connectivity index (χ0) is 12.7. The van der Waals surface area contributed by atoms with Crippen molar-refractivity contribution in [3.63, 3.8) is 0 Å². The van der Waals surface area contributed by atoms with E-state index in [-0.39, 0.29) is 0 Å². The Hall–Kier alpha value is -0.670. The predicted octanol–water partition coefficient (Wildman–Crippen LogP) is 3.83. The maximum Gasteiger partial charge on any atom is 0.172 e. The molecule has 0 saturated carbocycles. The molecule has 0 aromatic carbocycles. The highest BCUT2D eigenvalue weighted by atomic mass is 32.1. The van der Waals surface area contributed by atoms with Gasteiger partial charge in [0.1, 0.15) is 0 Å². The fourth-order valence-corrected chi connectivity index (χ4v) is 2.61. The topological polar surface area (TPSA) is 20.3 Å². The monoisotopic (exact) mass is 253 g/mol. The van der Waals surface area contributed by atoms with Crippen LogP contribution in [-0.2, 0) is 0 Å². The van der Waals surface area contributed by atoms with Gasteiger partial charge >= 0.3 is 0 Å². The molecule has 0 amide bonds. The van der Waals surface area contributed by atoms with Crippen LogP contribution in [0.5, 0.6) is 0 Å². The van der Waals surface area contributed by atoms with E-state index in [2.05, 4.69) is 25.7 Å². The molecule has 0 aliphatic heterocycles. The van der Waals surface area contributed by atoms with Gasteiger partial charge in [-0.1, -0.05) is 13.0 Å². The minimum Gasteiger partial charge on any atom is -0.301 e. The Kier molecular flexibility index (Phi) is 6.45. The Morgan fingerprint density at radius 2 is 2.18 bits per heavy atom. The van der Waals surface area contributed by atoms with Gasteiger partial charge in [-0.15, -0.1) is 11.3 Å². The van der Waals surface area contributed by atoms with Crippen molar-refractivity contribution in [2.45, 2.75) is 46.1 Å². The highest BCUT2D eigenvalue weighted by molar-refractivity contribution is 7.12. The number of Topliss-reactive ketones (excluding diaryl/α,β-unsaturated/α-hetero) is 1. The van der Waals surface area contributed by atoms with Crippen LogP contribution in [0.3, 0.4) is 0 Å². The molecule has 0 N–H and O–H groups in total. The van der Waals surface area contributed by atoms with Crippen LogP contribution in [0.1, 0.15) is 49.7 Å². The van der Waals surface area contributed by atoms with E-state index in [9.17, 15) is 4.79 Å². The van der Waals surface area contributed by atoms with Crippen LogP contribution in [0.15, 0.2) is 17.5 Å². The molecule has 0 spiro atoms. The summed E-state index contributed by atoms with van der Waals surface area (Å²) in [6, 6.07) is 4.43. The zero-order valence-corrected chi connectivity index (χ0v) is 11.9. The van der Waals surface area contributed by atoms with Crippen molar-refractivity contribution in [1.82, 2.24) is 4.90 Å². The Bertz CT molecular complexity index is 319. The average Bonchev–Trinajstić information content (AvgIpc) is 2.81. The second-order valence-corrected chi connectivity index (χ2v) is 5.58. The van der Waals surface area contributed by atoms with Gasteiger partial charge in [-0.2, -0.15) is 0 Å². The van der Waals surface area contributed by atoms with E-state index in [4.69, 9.17) is 0 Å². The molecule has 1 aromatic rings. The molecule has 96 valence electrons. The molecule has 0 fully saturated rings. The molecule has 0 unspecified atom stereocenters. The van der Waals surface area contributed by atoms with Crippen LogP contribution < -0.4 is 0 Å². The molecule has 0 aliphatic rings. The number of hydrogen-bond donors (Lipinski definition) is 0. The van der Waals surface area contributed by atoms with Crippen molar-refractivity contribution in [3.05, 3.63) is 22.4 Å². The maximum absolute atomic E-state index is 11.8. The Morgan fingerprint density at radius 1 is 1.41 bits per heavy atom. The molecule has 0 aliphatic carbocycles. The van der Waals surface area contributed by atoms with Crippen LogP contribution in [0, 0.1) is 0 Å². The summed E-state index contributed by atoms with van der Waals surface area (Å²) in [4.78, 5) is 15.2. The number of carbonyl (C=O) groups is 1. The molecule has 0 bridgehead atoms. The lowest BCUT2D eigenvalue weighted by Gasteiger charge is -2.25. The summed E-state index contributed by atoms with van der Waals surface area (Å²) in [6.07, 6.45) is 2.82. The normalized spacial score (nSPS) is 11.4.